The van der Waals surface area contributed by atoms with E-state index in [1.807, 2.05) is 0 Å². The predicted molar refractivity (Wildman–Crippen MR) is 82.5 cm³/mol. The molecule has 0 fully saturated rings. The molecule has 2 aromatic rings. The number of hydrogen-bond donors (Lipinski definition) is 0. The van der Waals surface area contributed by atoms with Gasteiger partial charge in [-0.3, -0.25) is 19.7 Å². The zero-order chi connectivity index (χ0) is 17.4. The summed E-state index contributed by atoms with van der Waals surface area (Å²) >= 11 is 1.01. The van der Waals surface area contributed by atoms with Gasteiger partial charge in [0, 0.05) is 26.1 Å². The zero-order valence-corrected chi connectivity index (χ0v) is 13.7. The normalized spacial score (nSPS) is 12.5. The third-order valence-electron chi connectivity index (χ3n) is 2.98. The van der Waals surface area contributed by atoms with E-state index in [9.17, 15) is 28.1 Å². The average Bonchev–Trinajstić information content (AvgIpc) is 2.74. The Morgan fingerprint density at radius 3 is 2.61 bits per heavy atom. The number of rotatable bonds is 3. The maximum absolute atomic E-state index is 11.7. The fourth-order valence-electron chi connectivity index (χ4n) is 1.75. The minimum absolute atomic E-state index is 0.101. The number of aromatic nitrogens is 1. The van der Waals surface area contributed by atoms with Crippen molar-refractivity contribution in [3.63, 3.8) is 0 Å². The van der Waals surface area contributed by atoms with Gasteiger partial charge >= 0.3 is 0 Å². The summed E-state index contributed by atoms with van der Waals surface area (Å²) in [5.74, 6) is -1.98. The number of nitro benzene ring substituents is 1. The van der Waals surface area contributed by atoms with E-state index in [1.54, 1.807) is 7.05 Å². The van der Waals surface area contributed by atoms with Gasteiger partial charge in [-0.1, -0.05) is 11.3 Å². The Labute approximate surface area is 134 Å². The lowest BCUT2D eigenvalue weighted by Gasteiger charge is -1.96. The largest absolute Gasteiger partial charge is 0.319 e. The zero-order valence-electron chi connectivity index (χ0n) is 12.0. The highest BCUT2D eigenvalue weighted by Crippen LogP contribution is 2.22. The molecule has 0 saturated heterocycles. The number of carbonyl (C=O) groups excluding carboxylic acids is 2. The Bertz CT molecular complexity index is 999. The van der Waals surface area contributed by atoms with Crippen LogP contribution in [0.1, 0.15) is 6.92 Å². The van der Waals surface area contributed by atoms with E-state index in [0.29, 0.717) is 10.2 Å². The standard InChI is InChI=1S/C12H11N3O6S2/c1-7(16)23(20,21)6-11(17)13-12-14(2)9-4-3-8(15(18)19)5-10(9)22-12/h3-5H,6H2,1-2H3. The fourth-order valence-corrected chi connectivity index (χ4v) is 3.41. The molecule has 0 unspecified atom stereocenters. The second-order valence-electron chi connectivity index (χ2n) is 4.61. The third kappa shape index (κ3) is 3.51. The minimum atomic E-state index is -4.15. The van der Waals surface area contributed by atoms with Crippen LogP contribution in [0.4, 0.5) is 5.69 Å². The van der Waals surface area contributed by atoms with Crippen molar-refractivity contribution >= 4 is 48.1 Å². The number of amides is 1. The summed E-state index contributed by atoms with van der Waals surface area (Å²) in [6.07, 6.45) is 0. The van der Waals surface area contributed by atoms with Gasteiger partial charge in [0.25, 0.3) is 11.6 Å². The SMILES string of the molecule is CC(=O)S(=O)(=O)CC(=O)N=c1sc2cc([N+](=O)[O-])ccc2n1C. The van der Waals surface area contributed by atoms with Gasteiger partial charge in [0.05, 0.1) is 15.1 Å². The van der Waals surface area contributed by atoms with E-state index in [-0.39, 0.29) is 10.5 Å². The predicted octanol–water partition coefficient (Wildman–Crippen LogP) is 0.537. The highest BCUT2D eigenvalue weighted by molar-refractivity contribution is 8.06. The van der Waals surface area contributed by atoms with Crippen molar-refractivity contribution < 1.29 is 22.9 Å². The van der Waals surface area contributed by atoms with E-state index in [0.717, 1.165) is 18.3 Å². The molecule has 11 heteroatoms. The van der Waals surface area contributed by atoms with Crippen molar-refractivity contribution in [1.82, 2.24) is 4.57 Å². The summed E-state index contributed by atoms with van der Waals surface area (Å²) in [5.41, 5.74) is 0.512. The van der Waals surface area contributed by atoms with Gasteiger partial charge in [-0.15, -0.1) is 0 Å². The Morgan fingerprint density at radius 2 is 2.04 bits per heavy atom. The maximum Gasteiger partial charge on any atom is 0.270 e. The van der Waals surface area contributed by atoms with Crippen molar-refractivity contribution in [2.75, 3.05) is 5.75 Å². The van der Waals surface area contributed by atoms with E-state index in [1.165, 1.54) is 22.8 Å². The molecule has 0 N–H and O–H groups in total. The second kappa shape index (κ2) is 6.01. The molecule has 1 aromatic carbocycles. The molecule has 0 aliphatic rings. The first kappa shape index (κ1) is 17.0. The molecule has 1 amide bonds. The minimum Gasteiger partial charge on any atom is -0.319 e. The summed E-state index contributed by atoms with van der Waals surface area (Å²) in [5, 5.41) is 9.66. The summed E-state index contributed by atoms with van der Waals surface area (Å²) in [7, 11) is -2.56. The van der Waals surface area contributed by atoms with Gasteiger partial charge in [-0.2, -0.15) is 4.99 Å². The highest BCUT2D eigenvalue weighted by Gasteiger charge is 2.21. The van der Waals surface area contributed by atoms with Crippen LogP contribution in [0.15, 0.2) is 23.2 Å². The summed E-state index contributed by atoms with van der Waals surface area (Å²) in [4.78, 5) is 36.7. The van der Waals surface area contributed by atoms with Crippen molar-refractivity contribution in [3.05, 3.63) is 33.1 Å². The molecule has 23 heavy (non-hydrogen) atoms. The lowest BCUT2D eigenvalue weighted by molar-refractivity contribution is -0.384. The van der Waals surface area contributed by atoms with Crippen LogP contribution in [0.25, 0.3) is 10.2 Å². The molecular weight excluding hydrogens is 346 g/mol. The van der Waals surface area contributed by atoms with E-state index in [4.69, 9.17) is 0 Å². The molecule has 2 rings (SSSR count). The molecule has 0 bridgehead atoms. The van der Waals surface area contributed by atoms with Crippen molar-refractivity contribution in [2.24, 2.45) is 12.0 Å². The molecule has 0 saturated carbocycles. The van der Waals surface area contributed by atoms with E-state index < -0.39 is 31.5 Å². The van der Waals surface area contributed by atoms with Gasteiger partial charge in [-0.25, -0.2) is 8.42 Å². The molecule has 0 aliphatic carbocycles. The molecule has 0 spiro atoms. The molecule has 0 aliphatic heterocycles. The van der Waals surface area contributed by atoms with Crippen molar-refractivity contribution in [3.8, 4) is 0 Å². The van der Waals surface area contributed by atoms with Crippen molar-refractivity contribution in [1.29, 1.82) is 0 Å². The van der Waals surface area contributed by atoms with Crippen LogP contribution >= 0.6 is 11.3 Å². The molecule has 122 valence electrons. The number of hydrogen-bond acceptors (Lipinski definition) is 7. The Hall–Kier alpha value is -2.40. The summed E-state index contributed by atoms with van der Waals surface area (Å²) in [6, 6.07) is 4.18. The molecular formula is C12H11N3O6S2. The number of thiazole rings is 1. The lowest BCUT2D eigenvalue weighted by atomic mass is 10.3. The Morgan fingerprint density at radius 1 is 1.39 bits per heavy atom. The number of nitro groups is 1. The first-order valence-electron chi connectivity index (χ1n) is 6.16. The van der Waals surface area contributed by atoms with Crippen LogP contribution in [-0.2, 0) is 26.5 Å². The number of nitrogens with zero attached hydrogens (tertiary/aromatic N) is 3. The van der Waals surface area contributed by atoms with Crippen LogP contribution in [-0.4, -0.2) is 34.7 Å². The van der Waals surface area contributed by atoms with Gasteiger partial charge in [0.1, 0.15) is 5.75 Å². The molecule has 1 aromatic heterocycles. The van der Waals surface area contributed by atoms with Crippen molar-refractivity contribution in [2.45, 2.75) is 6.92 Å². The summed E-state index contributed by atoms with van der Waals surface area (Å²) in [6.45, 7) is 0.862. The number of sulfone groups is 1. The van der Waals surface area contributed by atoms with Gasteiger partial charge in [-0.05, 0) is 6.07 Å². The van der Waals surface area contributed by atoms with Crippen LogP contribution in [0, 0.1) is 10.1 Å². The topological polar surface area (TPSA) is 129 Å². The Balaban J connectivity index is 2.47. The van der Waals surface area contributed by atoms with Crippen LogP contribution in [0.3, 0.4) is 0 Å². The average molecular weight is 357 g/mol. The van der Waals surface area contributed by atoms with Crippen LogP contribution in [0.2, 0.25) is 0 Å². The van der Waals surface area contributed by atoms with Crippen LogP contribution in [0.5, 0.6) is 0 Å². The maximum atomic E-state index is 11.7. The number of aryl methyl sites for hydroxylation is 1. The van der Waals surface area contributed by atoms with Gasteiger partial charge < -0.3 is 4.57 Å². The number of fused-ring (bicyclic) bond motifs is 1. The van der Waals surface area contributed by atoms with Crippen LogP contribution < -0.4 is 4.80 Å². The van der Waals surface area contributed by atoms with E-state index in [2.05, 4.69) is 4.99 Å². The molecule has 1 heterocycles. The first-order valence-corrected chi connectivity index (χ1v) is 8.63. The highest BCUT2D eigenvalue weighted by atomic mass is 32.2. The molecule has 9 nitrogen and oxygen atoms in total. The smallest absolute Gasteiger partial charge is 0.270 e. The third-order valence-corrected chi connectivity index (χ3v) is 5.57. The van der Waals surface area contributed by atoms with Gasteiger partial charge in [0.2, 0.25) is 15.0 Å². The van der Waals surface area contributed by atoms with E-state index >= 15 is 0 Å². The Kier molecular flexibility index (Phi) is 4.43. The number of carbonyl (C=O) groups is 2. The molecule has 0 radical (unpaired) electrons. The first-order chi connectivity index (χ1) is 10.6. The molecule has 0 atom stereocenters. The quantitative estimate of drug-likeness (QED) is 0.582. The summed E-state index contributed by atoms with van der Waals surface area (Å²) < 4.78 is 24.8. The number of benzene rings is 1. The monoisotopic (exact) mass is 357 g/mol. The fraction of sp³-hybridized carbons (Fsp3) is 0.250. The van der Waals surface area contributed by atoms with Gasteiger partial charge in [0.15, 0.2) is 4.80 Å². The lowest BCUT2D eigenvalue weighted by Crippen LogP contribution is -2.23. The second-order valence-corrected chi connectivity index (χ2v) is 7.71. The number of non-ortho nitro benzene ring substituents is 1.